The first kappa shape index (κ1) is 20.0. The minimum Gasteiger partial charge on any atom is -0.480 e. The van der Waals surface area contributed by atoms with Crippen LogP contribution in [0, 0.1) is 5.92 Å². The van der Waals surface area contributed by atoms with E-state index in [1.807, 2.05) is 42.1 Å². The number of hydrogen-bond acceptors (Lipinski definition) is 3. The molecule has 0 radical (unpaired) electrons. The first-order chi connectivity index (χ1) is 10.8. The molecule has 0 spiro atoms. The number of para-hydroxylation sites is 1. The van der Waals surface area contributed by atoms with E-state index in [-0.39, 0.29) is 18.3 Å². The van der Waals surface area contributed by atoms with E-state index in [0.29, 0.717) is 6.42 Å². The number of fused-ring (bicyclic) bond motifs is 1. The van der Waals surface area contributed by atoms with Crippen LogP contribution < -0.4 is 11.1 Å². The van der Waals surface area contributed by atoms with Crippen molar-refractivity contribution in [2.75, 3.05) is 0 Å². The minimum absolute atomic E-state index is 0. The number of carbonyl (C=O) groups is 2. The van der Waals surface area contributed by atoms with Crippen molar-refractivity contribution in [1.82, 2.24) is 9.88 Å². The summed E-state index contributed by atoms with van der Waals surface area (Å²) >= 11 is 0. The smallest absolute Gasteiger partial charge is 0.326 e. The van der Waals surface area contributed by atoms with E-state index >= 15 is 0 Å². The minimum atomic E-state index is -1.05. The van der Waals surface area contributed by atoms with Gasteiger partial charge in [-0.2, -0.15) is 0 Å². The van der Waals surface area contributed by atoms with Crippen LogP contribution in [0.4, 0.5) is 0 Å². The summed E-state index contributed by atoms with van der Waals surface area (Å²) in [6.07, 6.45) is 2.31. The van der Waals surface area contributed by atoms with Crippen molar-refractivity contribution < 1.29 is 14.7 Å². The Hall–Kier alpha value is -2.05. The van der Waals surface area contributed by atoms with Crippen LogP contribution in [0.3, 0.4) is 0 Å². The molecule has 0 bridgehead atoms. The summed E-state index contributed by atoms with van der Waals surface area (Å²) in [4.78, 5) is 23.4. The number of benzene rings is 1. The summed E-state index contributed by atoms with van der Waals surface area (Å²) in [5.74, 6) is -1.70. The summed E-state index contributed by atoms with van der Waals surface area (Å²) in [7, 11) is 1.94. The Morgan fingerprint density at radius 2 is 1.92 bits per heavy atom. The van der Waals surface area contributed by atoms with Crippen molar-refractivity contribution in [1.29, 1.82) is 0 Å². The second-order valence-electron chi connectivity index (χ2n) is 6.16. The van der Waals surface area contributed by atoms with E-state index in [0.717, 1.165) is 16.5 Å². The molecular formula is C17H24ClN3O3. The van der Waals surface area contributed by atoms with Gasteiger partial charge in [0.25, 0.3) is 0 Å². The van der Waals surface area contributed by atoms with Crippen LogP contribution >= 0.6 is 12.4 Å². The standard InChI is InChI=1S/C17H23N3O3.ClH/c1-10(2)15(17(22)23)19-16(21)13(18)8-11-9-20(3)14-7-5-4-6-12(11)14;/h4-7,9-10,13,15H,8,18H2,1-3H3,(H,19,21)(H,22,23);1H/t13-,15+;/m1./s1. The molecule has 1 aromatic carbocycles. The first-order valence-electron chi connectivity index (χ1n) is 7.63. The Labute approximate surface area is 147 Å². The van der Waals surface area contributed by atoms with Crippen LogP contribution in [0.5, 0.6) is 0 Å². The molecule has 6 nitrogen and oxygen atoms in total. The summed E-state index contributed by atoms with van der Waals surface area (Å²) in [5.41, 5.74) is 8.03. The molecule has 2 atom stereocenters. The van der Waals surface area contributed by atoms with Crippen molar-refractivity contribution in [2.45, 2.75) is 32.4 Å². The van der Waals surface area contributed by atoms with Gasteiger partial charge in [0.1, 0.15) is 6.04 Å². The molecule has 0 unspecified atom stereocenters. The highest BCUT2D eigenvalue weighted by atomic mass is 35.5. The van der Waals surface area contributed by atoms with Crippen molar-refractivity contribution in [2.24, 2.45) is 18.7 Å². The Balaban J connectivity index is 0.00000288. The quantitative estimate of drug-likeness (QED) is 0.736. The molecule has 1 aromatic heterocycles. The van der Waals surface area contributed by atoms with Crippen molar-refractivity contribution in [3.8, 4) is 0 Å². The molecule has 4 N–H and O–H groups in total. The van der Waals surface area contributed by atoms with E-state index in [9.17, 15) is 9.59 Å². The second kappa shape index (κ2) is 8.17. The van der Waals surface area contributed by atoms with Gasteiger partial charge in [0, 0.05) is 24.1 Å². The summed E-state index contributed by atoms with van der Waals surface area (Å²) in [6, 6.07) is 6.17. The van der Waals surface area contributed by atoms with Crippen LogP contribution in [-0.4, -0.2) is 33.6 Å². The van der Waals surface area contributed by atoms with Crippen LogP contribution in [-0.2, 0) is 23.1 Å². The SMILES string of the molecule is CC(C)[C@H](NC(=O)[C@H](N)Cc1cn(C)c2ccccc12)C(=O)O.Cl. The first-order valence-corrected chi connectivity index (χ1v) is 7.63. The zero-order chi connectivity index (χ0) is 17.1. The number of nitrogens with one attached hydrogen (secondary N) is 1. The normalized spacial score (nSPS) is 13.4. The van der Waals surface area contributed by atoms with E-state index in [2.05, 4.69) is 5.32 Å². The van der Waals surface area contributed by atoms with Crippen molar-refractivity contribution in [3.05, 3.63) is 36.0 Å². The molecule has 0 saturated carbocycles. The molecule has 24 heavy (non-hydrogen) atoms. The fraction of sp³-hybridized carbons (Fsp3) is 0.412. The van der Waals surface area contributed by atoms with Crippen LogP contribution in [0.1, 0.15) is 19.4 Å². The Morgan fingerprint density at radius 3 is 2.50 bits per heavy atom. The Bertz CT molecular complexity index is 727. The van der Waals surface area contributed by atoms with E-state index in [1.165, 1.54) is 0 Å². The zero-order valence-electron chi connectivity index (χ0n) is 14.0. The number of aryl methyl sites for hydroxylation is 1. The molecule has 0 aliphatic heterocycles. The van der Waals surface area contributed by atoms with Crippen LogP contribution in [0.25, 0.3) is 10.9 Å². The highest BCUT2D eigenvalue weighted by Gasteiger charge is 2.26. The number of carboxylic acid groups (broad SMARTS) is 1. The lowest BCUT2D eigenvalue weighted by molar-refractivity contribution is -0.143. The number of hydrogen-bond donors (Lipinski definition) is 3. The van der Waals surface area contributed by atoms with E-state index in [4.69, 9.17) is 10.8 Å². The lowest BCUT2D eigenvalue weighted by atomic mass is 10.0. The summed E-state index contributed by atoms with van der Waals surface area (Å²) < 4.78 is 1.99. The number of halogens is 1. The summed E-state index contributed by atoms with van der Waals surface area (Å²) in [6.45, 7) is 3.49. The fourth-order valence-electron chi connectivity index (χ4n) is 2.69. The van der Waals surface area contributed by atoms with Gasteiger partial charge in [-0.25, -0.2) is 4.79 Å². The van der Waals surface area contributed by atoms with Gasteiger partial charge in [-0.05, 0) is 24.0 Å². The van der Waals surface area contributed by atoms with Crippen LogP contribution in [0.15, 0.2) is 30.5 Å². The number of amides is 1. The van der Waals surface area contributed by atoms with E-state index in [1.54, 1.807) is 13.8 Å². The van der Waals surface area contributed by atoms with Crippen LogP contribution in [0.2, 0.25) is 0 Å². The molecule has 2 aromatic rings. The zero-order valence-corrected chi connectivity index (χ0v) is 14.8. The maximum Gasteiger partial charge on any atom is 0.326 e. The predicted molar refractivity (Wildman–Crippen MR) is 96.3 cm³/mol. The maximum atomic E-state index is 12.2. The third-order valence-electron chi connectivity index (χ3n) is 3.99. The molecule has 0 aliphatic rings. The largest absolute Gasteiger partial charge is 0.480 e. The third kappa shape index (κ3) is 4.27. The molecule has 0 aliphatic carbocycles. The highest BCUT2D eigenvalue weighted by molar-refractivity contribution is 5.89. The number of carbonyl (C=O) groups excluding carboxylic acids is 1. The van der Waals surface area contributed by atoms with Gasteiger partial charge in [-0.1, -0.05) is 32.0 Å². The molecule has 0 fully saturated rings. The molecule has 132 valence electrons. The Morgan fingerprint density at radius 1 is 1.29 bits per heavy atom. The average Bonchev–Trinajstić information content (AvgIpc) is 2.80. The molecule has 7 heteroatoms. The lowest BCUT2D eigenvalue weighted by Gasteiger charge is -2.20. The number of nitrogens with zero attached hydrogens (tertiary/aromatic N) is 1. The van der Waals surface area contributed by atoms with Gasteiger partial charge in [-0.3, -0.25) is 4.79 Å². The number of aromatic nitrogens is 1. The Kier molecular flexibility index (Phi) is 6.81. The van der Waals surface area contributed by atoms with Crippen molar-refractivity contribution >= 4 is 35.2 Å². The molecule has 1 amide bonds. The number of aliphatic carboxylic acids is 1. The van der Waals surface area contributed by atoms with Gasteiger partial charge in [0.15, 0.2) is 0 Å². The number of carboxylic acids is 1. The van der Waals surface area contributed by atoms with Crippen molar-refractivity contribution in [3.63, 3.8) is 0 Å². The molecule has 0 saturated heterocycles. The fourth-order valence-corrected chi connectivity index (χ4v) is 2.69. The van der Waals surface area contributed by atoms with Gasteiger partial charge >= 0.3 is 5.97 Å². The molecule has 2 rings (SSSR count). The average molecular weight is 354 g/mol. The van der Waals surface area contributed by atoms with Gasteiger partial charge in [-0.15, -0.1) is 12.4 Å². The van der Waals surface area contributed by atoms with Gasteiger partial charge in [0.05, 0.1) is 6.04 Å². The predicted octanol–water partition coefficient (Wildman–Crippen LogP) is 1.70. The van der Waals surface area contributed by atoms with E-state index < -0.39 is 24.0 Å². The van der Waals surface area contributed by atoms with Gasteiger partial charge < -0.3 is 20.7 Å². The lowest BCUT2D eigenvalue weighted by Crippen LogP contribution is -2.51. The topological polar surface area (TPSA) is 97.4 Å². The summed E-state index contributed by atoms with van der Waals surface area (Å²) in [5, 5.41) is 12.7. The number of nitrogens with two attached hydrogens (primary N) is 1. The number of rotatable bonds is 6. The molecule has 1 heterocycles. The maximum absolute atomic E-state index is 12.2. The second-order valence-corrected chi connectivity index (χ2v) is 6.16. The third-order valence-corrected chi connectivity index (χ3v) is 3.99. The van der Waals surface area contributed by atoms with Gasteiger partial charge in [0.2, 0.25) is 5.91 Å². The monoisotopic (exact) mass is 353 g/mol. The molecular weight excluding hydrogens is 330 g/mol. The highest BCUT2D eigenvalue weighted by Crippen LogP contribution is 2.21.